The molecule has 0 aliphatic heterocycles. The van der Waals surface area contributed by atoms with Gasteiger partial charge in [-0.05, 0) is 90.0 Å². The Balaban J connectivity index is 1.31. The van der Waals surface area contributed by atoms with Gasteiger partial charge in [0.1, 0.15) is 0 Å². The van der Waals surface area contributed by atoms with Crippen LogP contribution in [0.25, 0.3) is 93.4 Å². The normalized spacial score (nSPS) is 11.9. The lowest BCUT2D eigenvalue weighted by molar-refractivity contribution is 1.16. The van der Waals surface area contributed by atoms with Crippen LogP contribution in [0.4, 0.5) is 0 Å². The van der Waals surface area contributed by atoms with Crippen molar-refractivity contribution >= 4 is 70.9 Å². The summed E-state index contributed by atoms with van der Waals surface area (Å²) in [5.41, 5.74) is 13.0. The molecule has 0 bridgehead atoms. The van der Waals surface area contributed by atoms with Crippen molar-refractivity contribution in [3.05, 3.63) is 188 Å². The molecule has 0 saturated carbocycles. The first-order valence-corrected chi connectivity index (χ1v) is 17.5. The van der Waals surface area contributed by atoms with Gasteiger partial charge in [0.15, 0.2) is 0 Å². The maximum atomic E-state index is 2.49. The van der Waals surface area contributed by atoms with Crippen LogP contribution in [0, 0.1) is 0 Å². The van der Waals surface area contributed by atoms with E-state index in [1.54, 1.807) is 0 Å². The minimum Gasteiger partial charge on any atom is -0.309 e. The minimum absolute atomic E-state index is 1.13. The molecular weight excluding hydrogens is 619 g/mol. The highest BCUT2D eigenvalue weighted by Gasteiger charge is 2.19. The Labute approximate surface area is 294 Å². The lowest BCUT2D eigenvalue weighted by Crippen LogP contribution is -2.01. The molecule has 0 aliphatic carbocycles. The van der Waals surface area contributed by atoms with Crippen molar-refractivity contribution < 1.29 is 0 Å². The highest BCUT2D eigenvalue weighted by Crippen LogP contribution is 2.41. The Morgan fingerprint density at radius 1 is 0.255 bits per heavy atom. The van der Waals surface area contributed by atoms with E-state index in [4.69, 9.17) is 0 Å². The molecule has 0 spiro atoms. The quantitative estimate of drug-likeness (QED) is 0.181. The zero-order valence-corrected chi connectivity index (χ0v) is 27.7. The minimum atomic E-state index is 1.13. The molecule has 3 aromatic heterocycles. The number of aromatic nitrogens is 3. The van der Waals surface area contributed by atoms with E-state index in [9.17, 15) is 0 Å². The van der Waals surface area contributed by atoms with Gasteiger partial charge in [0.25, 0.3) is 0 Å². The summed E-state index contributed by atoms with van der Waals surface area (Å²) >= 11 is 0. The largest absolute Gasteiger partial charge is 0.309 e. The van der Waals surface area contributed by atoms with Crippen molar-refractivity contribution in [2.24, 2.45) is 0 Å². The summed E-state index contributed by atoms with van der Waals surface area (Å²) in [4.78, 5) is 0. The summed E-state index contributed by atoms with van der Waals surface area (Å²) < 4.78 is 7.29. The SMILES string of the molecule is c1ccc(-n2c3ccccc3c3cc(-c4cc5c6ccccc6n(-c6ccccc6)c6ccccc6n6c7ccccc7c(c4)c56)ccc32)cc1. The predicted octanol–water partition coefficient (Wildman–Crippen LogP) is 12.7. The molecule has 0 aliphatic rings. The predicted molar refractivity (Wildman–Crippen MR) is 215 cm³/mol. The molecule has 8 aromatic carbocycles. The summed E-state index contributed by atoms with van der Waals surface area (Å²) in [7, 11) is 0. The molecule has 3 nitrogen and oxygen atoms in total. The molecule has 0 atom stereocenters. The van der Waals surface area contributed by atoms with E-state index in [0.717, 1.165) is 22.2 Å². The number of fused-ring (bicyclic) bond motifs is 10. The van der Waals surface area contributed by atoms with Gasteiger partial charge in [-0.1, -0.05) is 109 Å². The van der Waals surface area contributed by atoms with E-state index < -0.39 is 0 Å². The maximum absolute atomic E-state index is 2.49. The molecule has 11 rings (SSSR count). The van der Waals surface area contributed by atoms with Gasteiger partial charge in [-0.25, -0.2) is 0 Å². The lowest BCUT2D eigenvalue weighted by Gasteiger charge is -2.17. The molecule has 0 N–H and O–H groups in total. The van der Waals surface area contributed by atoms with E-state index in [1.165, 1.54) is 71.2 Å². The molecule has 238 valence electrons. The number of hydrogen-bond donors (Lipinski definition) is 0. The van der Waals surface area contributed by atoms with Crippen molar-refractivity contribution in [3.8, 4) is 22.5 Å². The van der Waals surface area contributed by atoms with Crippen LogP contribution in [0.1, 0.15) is 0 Å². The number of benzene rings is 8. The number of rotatable bonds is 3. The first-order chi connectivity index (χ1) is 25.3. The first kappa shape index (κ1) is 28.0. The second-order valence-electron chi connectivity index (χ2n) is 13.4. The van der Waals surface area contributed by atoms with E-state index in [2.05, 4.69) is 202 Å². The molecule has 0 fully saturated rings. The lowest BCUT2D eigenvalue weighted by atomic mass is 9.97. The van der Waals surface area contributed by atoms with Crippen molar-refractivity contribution in [3.63, 3.8) is 0 Å². The van der Waals surface area contributed by atoms with Crippen LogP contribution in [0.5, 0.6) is 0 Å². The standard InChI is InChI=1S/C48H31N3/c1-3-15-34(16-4-1)49-42-22-10-7-19-36(42)39-29-32(27-28-45(39)49)33-30-40-37-20-8-11-23-43(37)50(35-17-5-2-6-18-35)46-25-13-14-26-47(46)51-44-24-12-9-21-38(44)41(31-33)48(40)51/h1-31H. The Morgan fingerprint density at radius 3 is 1.27 bits per heavy atom. The van der Waals surface area contributed by atoms with Gasteiger partial charge in [-0.3, -0.25) is 0 Å². The van der Waals surface area contributed by atoms with E-state index in [1.807, 2.05) is 0 Å². The first-order valence-electron chi connectivity index (χ1n) is 17.5. The zero-order chi connectivity index (χ0) is 33.5. The van der Waals surface area contributed by atoms with Gasteiger partial charge in [0, 0.05) is 43.7 Å². The number of hydrogen-bond acceptors (Lipinski definition) is 0. The van der Waals surface area contributed by atoms with Crippen molar-refractivity contribution in [1.82, 2.24) is 13.5 Å². The van der Waals surface area contributed by atoms with Crippen molar-refractivity contribution in [2.75, 3.05) is 0 Å². The summed E-state index contributed by atoms with van der Waals surface area (Å²) in [6.45, 7) is 0. The molecule has 0 unspecified atom stereocenters. The van der Waals surface area contributed by atoms with Gasteiger partial charge in [-0.2, -0.15) is 0 Å². The van der Waals surface area contributed by atoms with Gasteiger partial charge in [-0.15, -0.1) is 0 Å². The average molecular weight is 650 g/mol. The summed E-state index contributed by atoms with van der Waals surface area (Å²) in [5.74, 6) is 0. The Hall–Kier alpha value is -6.84. The number of para-hydroxylation sites is 7. The Morgan fingerprint density at radius 2 is 0.667 bits per heavy atom. The molecule has 11 aromatic rings. The average Bonchev–Trinajstić information content (AvgIpc) is 3.71. The fourth-order valence-corrected chi connectivity index (χ4v) is 8.45. The van der Waals surface area contributed by atoms with E-state index in [0.29, 0.717) is 0 Å². The second-order valence-corrected chi connectivity index (χ2v) is 13.4. The highest BCUT2D eigenvalue weighted by molar-refractivity contribution is 6.22. The Kier molecular flexibility index (Phi) is 5.96. The van der Waals surface area contributed by atoms with Crippen LogP contribution in [-0.2, 0) is 0 Å². The summed E-state index contributed by atoms with van der Waals surface area (Å²) in [6, 6.07) is 68.6. The molecule has 3 heteroatoms. The molecule has 51 heavy (non-hydrogen) atoms. The monoisotopic (exact) mass is 649 g/mol. The van der Waals surface area contributed by atoms with Gasteiger partial charge in [0.2, 0.25) is 0 Å². The van der Waals surface area contributed by atoms with Crippen LogP contribution < -0.4 is 0 Å². The van der Waals surface area contributed by atoms with E-state index >= 15 is 0 Å². The van der Waals surface area contributed by atoms with Crippen LogP contribution in [-0.4, -0.2) is 13.5 Å². The molecule has 0 amide bonds. The fourth-order valence-electron chi connectivity index (χ4n) is 8.45. The molecule has 3 heterocycles. The Bertz CT molecular complexity index is 3180. The van der Waals surface area contributed by atoms with Crippen LogP contribution in [0.3, 0.4) is 0 Å². The summed E-state index contributed by atoms with van der Waals surface area (Å²) in [5, 5.41) is 7.43. The van der Waals surface area contributed by atoms with Gasteiger partial charge < -0.3 is 13.5 Å². The third kappa shape index (κ3) is 4.06. The molecule has 0 saturated heterocycles. The maximum Gasteiger partial charge on any atom is 0.0703 e. The van der Waals surface area contributed by atoms with Crippen LogP contribution in [0.2, 0.25) is 0 Å². The van der Waals surface area contributed by atoms with Crippen LogP contribution in [0.15, 0.2) is 188 Å². The number of nitrogens with zero attached hydrogens (tertiary/aromatic N) is 3. The van der Waals surface area contributed by atoms with Crippen molar-refractivity contribution in [2.45, 2.75) is 0 Å². The van der Waals surface area contributed by atoms with Crippen LogP contribution >= 0.6 is 0 Å². The molecular formula is C48H31N3. The topological polar surface area (TPSA) is 14.3 Å². The third-order valence-corrected chi connectivity index (χ3v) is 10.6. The van der Waals surface area contributed by atoms with E-state index in [-0.39, 0.29) is 0 Å². The second kappa shape index (κ2) is 10.8. The fraction of sp³-hybridized carbons (Fsp3) is 0. The van der Waals surface area contributed by atoms with Gasteiger partial charge >= 0.3 is 0 Å². The van der Waals surface area contributed by atoms with Crippen molar-refractivity contribution in [1.29, 1.82) is 0 Å². The highest BCUT2D eigenvalue weighted by atomic mass is 15.0. The smallest absolute Gasteiger partial charge is 0.0703 e. The third-order valence-electron chi connectivity index (χ3n) is 10.6. The molecule has 0 radical (unpaired) electrons. The zero-order valence-electron chi connectivity index (χ0n) is 27.7. The summed E-state index contributed by atoms with van der Waals surface area (Å²) in [6.07, 6.45) is 0. The van der Waals surface area contributed by atoms with Gasteiger partial charge in [0.05, 0.1) is 38.6 Å².